The lowest BCUT2D eigenvalue weighted by atomic mass is 9.96. The van der Waals surface area contributed by atoms with Gasteiger partial charge < -0.3 is 10.6 Å². The monoisotopic (exact) mass is 282 g/mol. The van der Waals surface area contributed by atoms with E-state index in [0.29, 0.717) is 0 Å². The van der Waals surface area contributed by atoms with Gasteiger partial charge in [0.25, 0.3) is 5.91 Å². The third kappa shape index (κ3) is 4.84. The molecular formula is C15H23ClN2O. The van der Waals surface area contributed by atoms with Gasteiger partial charge in [-0.1, -0.05) is 18.2 Å². The number of halogens is 1. The van der Waals surface area contributed by atoms with Crippen molar-refractivity contribution in [2.75, 3.05) is 19.6 Å². The van der Waals surface area contributed by atoms with Gasteiger partial charge in [-0.15, -0.1) is 12.4 Å². The maximum Gasteiger partial charge on any atom is 0.251 e. The lowest BCUT2D eigenvalue weighted by Crippen LogP contribution is -2.33. The molecule has 1 aliphatic rings. The highest BCUT2D eigenvalue weighted by Crippen LogP contribution is 2.13. The summed E-state index contributed by atoms with van der Waals surface area (Å²) in [7, 11) is 0. The van der Waals surface area contributed by atoms with Crippen LogP contribution in [0, 0.1) is 12.8 Å². The highest BCUT2D eigenvalue weighted by atomic mass is 35.5. The standard InChI is InChI=1S/C15H22N2O.ClH/c1-12-5-2-3-7-14(12)15(18)17-10-8-13-6-4-9-16-11-13;/h2-3,5,7,13,16H,4,6,8-11H2,1H3,(H,17,18);1H. The molecule has 1 fully saturated rings. The molecule has 1 saturated heterocycles. The van der Waals surface area contributed by atoms with Gasteiger partial charge in [0.05, 0.1) is 0 Å². The summed E-state index contributed by atoms with van der Waals surface area (Å²) in [6.45, 7) is 4.99. The molecule has 1 atom stereocenters. The number of piperidine rings is 1. The largest absolute Gasteiger partial charge is 0.352 e. The Morgan fingerprint density at radius 2 is 2.21 bits per heavy atom. The summed E-state index contributed by atoms with van der Waals surface area (Å²) < 4.78 is 0. The van der Waals surface area contributed by atoms with E-state index in [1.165, 1.54) is 12.8 Å². The first-order chi connectivity index (χ1) is 8.77. The van der Waals surface area contributed by atoms with Crippen molar-refractivity contribution in [1.29, 1.82) is 0 Å². The van der Waals surface area contributed by atoms with Gasteiger partial charge in [0.2, 0.25) is 0 Å². The van der Waals surface area contributed by atoms with Crippen molar-refractivity contribution in [2.24, 2.45) is 5.92 Å². The van der Waals surface area contributed by atoms with Crippen LogP contribution in [0.3, 0.4) is 0 Å². The van der Waals surface area contributed by atoms with Crippen LogP contribution < -0.4 is 10.6 Å². The number of carbonyl (C=O) groups is 1. The molecule has 19 heavy (non-hydrogen) atoms. The van der Waals surface area contributed by atoms with E-state index >= 15 is 0 Å². The molecule has 2 N–H and O–H groups in total. The van der Waals surface area contributed by atoms with Gasteiger partial charge in [-0.2, -0.15) is 0 Å². The Hall–Kier alpha value is -1.06. The van der Waals surface area contributed by atoms with Crippen LogP contribution in [-0.4, -0.2) is 25.5 Å². The average molecular weight is 283 g/mol. The van der Waals surface area contributed by atoms with E-state index in [1.54, 1.807) is 0 Å². The summed E-state index contributed by atoms with van der Waals surface area (Å²) in [4.78, 5) is 12.0. The molecule has 0 aliphatic carbocycles. The molecule has 0 aromatic heterocycles. The Bertz CT molecular complexity index is 403. The van der Waals surface area contributed by atoms with E-state index in [-0.39, 0.29) is 18.3 Å². The molecule has 2 rings (SSSR count). The number of aryl methyl sites for hydroxylation is 1. The number of amides is 1. The Labute approximate surface area is 121 Å². The van der Waals surface area contributed by atoms with E-state index in [0.717, 1.165) is 43.1 Å². The number of nitrogens with one attached hydrogen (secondary N) is 2. The van der Waals surface area contributed by atoms with Crippen molar-refractivity contribution in [3.8, 4) is 0 Å². The molecule has 0 spiro atoms. The van der Waals surface area contributed by atoms with Gasteiger partial charge in [-0.3, -0.25) is 4.79 Å². The van der Waals surface area contributed by atoms with Crippen molar-refractivity contribution in [3.63, 3.8) is 0 Å². The first kappa shape index (κ1) is 16.0. The molecule has 1 aromatic rings. The minimum absolute atomic E-state index is 0. The van der Waals surface area contributed by atoms with Crippen LogP contribution in [0.1, 0.15) is 35.2 Å². The molecule has 4 heteroatoms. The minimum atomic E-state index is 0. The van der Waals surface area contributed by atoms with Crippen LogP contribution in [0.2, 0.25) is 0 Å². The van der Waals surface area contributed by atoms with Crippen LogP contribution in [0.4, 0.5) is 0 Å². The van der Waals surface area contributed by atoms with Gasteiger partial charge in [0.1, 0.15) is 0 Å². The number of benzene rings is 1. The SMILES string of the molecule is Cc1ccccc1C(=O)NCCC1CCCNC1.Cl. The number of hydrogen-bond donors (Lipinski definition) is 2. The van der Waals surface area contributed by atoms with Crippen LogP contribution >= 0.6 is 12.4 Å². The van der Waals surface area contributed by atoms with Crippen molar-refractivity contribution >= 4 is 18.3 Å². The molecule has 1 heterocycles. The summed E-state index contributed by atoms with van der Waals surface area (Å²) in [5.74, 6) is 0.771. The third-order valence-electron chi connectivity index (χ3n) is 3.63. The Morgan fingerprint density at radius 3 is 2.89 bits per heavy atom. The van der Waals surface area contributed by atoms with E-state index < -0.39 is 0 Å². The van der Waals surface area contributed by atoms with E-state index in [1.807, 2.05) is 31.2 Å². The molecule has 1 amide bonds. The van der Waals surface area contributed by atoms with Crippen LogP contribution in [0.15, 0.2) is 24.3 Å². The van der Waals surface area contributed by atoms with Gasteiger partial charge in [0.15, 0.2) is 0 Å². The quantitative estimate of drug-likeness (QED) is 0.891. The summed E-state index contributed by atoms with van der Waals surface area (Å²) in [6, 6.07) is 7.72. The number of rotatable bonds is 4. The Morgan fingerprint density at radius 1 is 1.42 bits per heavy atom. The Kier molecular flexibility index (Phi) is 6.89. The lowest BCUT2D eigenvalue weighted by molar-refractivity contribution is 0.0950. The fourth-order valence-corrected chi connectivity index (χ4v) is 2.48. The molecule has 106 valence electrons. The third-order valence-corrected chi connectivity index (χ3v) is 3.63. The highest BCUT2D eigenvalue weighted by molar-refractivity contribution is 5.95. The predicted octanol–water partition coefficient (Wildman–Crippen LogP) is 2.54. The molecule has 0 radical (unpaired) electrons. The molecule has 1 aliphatic heterocycles. The van der Waals surface area contributed by atoms with Gasteiger partial charge >= 0.3 is 0 Å². The van der Waals surface area contributed by atoms with E-state index in [2.05, 4.69) is 10.6 Å². The summed E-state index contributed by atoms with van der Waals surface area (Å²) in [5, 5.41) is 6.42. The molecule has 0 bridgehead atoms. The minimum Gasteiger partial charge on any atom is -0.352 e. The number of hydrogen-bond acceptors (Lipinski definition) is 2. The van der Waals surface area contributed by atoms with Crippen molar-refractivity contribution < 1.29 is 4.79 Å². The van der Waals surface area contributed by atoms with Crippen LogP contribution in [0.5, 0.6) is 0 Å². The summed E-state index contributed by atoms with van der Waals surface area (Å²) in [6.07, 6.45) is 3.62. The van der Waals surface area contributed by atoms with Crippen LogP contribution in [0.25, 0.3) is 0 Å². The average Bonchev–Trinajstić information content (AvgIpc) is 2.40. The van der Waals surface area contributed by atoms with Gasteiger partial charge in [0, 0.05) is 12.1 Å². The smallest absolute Gasteiger partial charge is 0.251 e. The first-order valence-corrected chi connectivity index (χ1v) is 6.82. The molecule has 1 aromatic carbocycles. The number of carbonyl (C=O) groups excluding carboxylic acids is 1. The zero-order valence-corrected chi connectivity index (χ0v) is 12.3. The lowest BCUT2D eigenvalue weighted by Gasteiger charge is -2.22. The van der Waals surface area contributed by atoms with Crippen molar-refractivity contribution in [1.82, 2.24) is 10.6 Å². The normalized spacial score (nSPS) is 18.5. The van der Waals surface area contributed by atoms with Gasteiger partial charge in [-0.05, 0) is 56.8 Å². The fraction of sp³-hybridized carbons (Fsp3) is 0.533. The maximum absolute atomic E-state index is 12.0. The molecule has 3 nitrogen and oxygen atoms in total. The summed E-state index contributed by atoms with van der Waals surface area (Å²) >= 11 is 0. The molecular weight excluding hydrogens is 260 g/mol. The van der Waals surface area contributed by atoms with E-state index in [4.69, 9.17) is 0 Å². The second-order valence-electron chi connectivity index (χ2n) is 5.07. The van der Waals surface area contributed by atoms with Crippen LogP contribution in [-0.2, 0) is 0 Å². The second-order valence-corrected chi connectivity index (χ2v) is 5.07. The molecule has 1 unspecified atom stereocenters. The topological polar surface area (TPSA) is 41.1 Å². The Balaban J connectivity index is 0.00000180. The first-order valence-electron chi connectivity index (χ1n) is 6.82. The maximum atomic E-state index is 12.0. The summed E-state index contributed by atoms with van der Waals surface area (Å²) in [5.41, 5.74) is 1.83. The molecule has 0 saturated carbocycles. The fourth-order valence-electron chi connectivity index (χ4n) is 2.48. The van der Waals surface area contributed by atoms with Gasteiger partial charge in [-0.25, -0.2) is 0 Å². The van der Waals surface area contributed by atoms with E-state index in [9.17, 15) is 4.79 Å². The predicted molar refractivity (Wildman–Crippen MR) is 81.0 cm³/mol. The highest BCUT2D eigenvalue weighted by Gasteiger charge is 2.13. The van der Waals surface area contributed by atoms with Crippen molar-refractivity contribution in [3.05, 3.63) is 35.4 Å². The van der Waals surface area contributed by atoms with Crippen molar-refractivity contribution in [2.45, 2.75) is 26.2 Å². The zero-order valence-electron chi connectivity index (χ0n) is 11.4. The zero-order chi connectivity index (χ0) is 12.8. The second kappa shape index (κ2) is 8.18.